The lowest BCUT2D eigenvalue weighted by Gasteiger charge is -2.23. The molecule has 2 heteroatoms. The van der Waals surface area contributed by atoms with Gasteiger partial charge in [0, 0.05) is 20.4 Å². The maximum absolute atomic E-state index is 12.1. The van der Waals surface area contributed by atoms with Gasteiger partial charge >= 0.3 is 0 Å². The molecule has 1 aliphatic carbocycles. The summed E-state index contributed by atoms with van der Waals surface area (Å²) in [6.45, 7) is 2.31. The van der Waals surface area contributed by atoms with Crippen molar-refractivity contribution in [1.82, 2.24) is 0 Å². The van der Waals surface area contributed by atoms with Crippen LogP contribution in [-0.4, -0.2) is 0 Å². The smallest absolute Gasteiger partial charge is 0.188 e. The lowest BCUT2D eigenvalue weighted by atomic mass is 9.87. The molecule has 0 amide bonds. The van der Waals surface area contributed by atoms with Gasteiger partial charge in [0.15, 0.2) is 5.43 Å². The van der Waals surface area contributed by atoms with E-state index in [1.54, 1.807) is 11.3 Å². The number of fused-ring (bicyclic) bond motifs is 1. The van der Waals surface area contributed by atoms with Gasteiger partial charge in [-0.2, -0.15) is 0 Å². The molecule has 0 bridgehead atoms. The van der Waals surface area contributed by atoms with Crippen LogP contribution in [0.4, 0.5) is 0 Å². The van der Waals surface area contributed by atoms with Gasteiger partial charge in [0.1, 0.15) is 0 Å². The first-order valence-corrected chi connectivity index (χ1v) is 7.04. The van der Waals surface area contributed by atoms with Crippen molar-refractivity contribution in [3.8, 4) is 0 Å². The molecule has 1 aromatic heterocycles. The van der Waals surface area contributed by atoms with Crippen LogP contribution in [0.1, 0.15) is 37.5 Å². The molecule has 0 spiro atoms. The first-order valence-electron chi connectivity index (χ1n) is 6.22. The summed E-state index contributed by atoms with van der Waals surface area (Å²) >= 11 is 1.80. The Morgan fingerprint density at radius 3 is 2.65 bits per heavy atom. The Morgan fingerprint density at radius 1 is 1.18 bits per heavy atom. The summed E-state index contributed by atoms with van der Waals surface area (Å²) in [5.41, 5.74) is 0.427. The number of hydrogen-bond donors (Lipinski definition) is 0. The molecule has 1 saturated carbocycles. The zero-order valence-electron chi connectivity index (χ0n) is 10.0. The Hall–Kier alpha value is -1.15. The second kappa shape index (κ2) is 3.95. The Labute approximate surface area is 105 Å². The molecule has 0 N–H and O–H groups in total. The topological polar surface area (TPSA) is 17.1 Å². The van der Waals surface area contributed by atoms with Crippen LogP contribution in [0.2, 0.25) is 0 Å². The molecule has 88 valence electrons. The largest absolute Gasteiger partial charge is 0.289 e. The summed E-state index contributed by atoms with van der Waals surface area (Å²) in [5.74, 6) is 0. The second-order valence-electron chi connectivity index (χ2n) is 5.24. The van der Waals surface area contributed by atoms with E-state index in [0.29, 0.717) is 0 Å². The molecule has 0 radical (unpaired) electrons. The molecule has 0 aliphatic heterocycles. The fourth-order valence-electron chi connectivity index (χ4n) is 2.80. The van der Waals surface area contributed by atoms with Gasteiger partial charge in [-0.3, -0.25) is 4.79 Å². The third kappa shape index (κ3) is 1.81. The van der Waals surface area contributed by atoms with E-state index in [-0.39, 0.29) is 10.8 Å². The zero-order chi connectivity index (χ0) is 11.9. The Morgan fingerprint density at radius 2 is 1.88 bits per heavy atom. The minimum Gasteiger partial charge on any atom is -0.289 e. The minimum absolute atomic E-state index is 0.183. The fourth-order valence-corrected chi connectivity index (χ4v) is 4.08. The monoisotopic (exact) mass is 244 g/mol. The normalized spacial score (nSPS) is 18.6. The molecule has 17 heavy (non-hydrogen) atoms. The van der Waals surface area contributed by atoms with E-state index in [0.717, 1.165) is 10.1 Å². The van der Waals surface area contributed by atoms with Crippen molar-refractivity contribution in [2.75, 3.05) is 0 Å². The van der Waals surface area contributed by atoms with Crippen LogP contribution in [-0.2, 0) is 5.41 Å². The van der Waals surface area contributed by atoms with Gasteiger partial charge in [0.2, 0.25) is 0 Å². The van der Waals surface area contributed by atoms with Gasteiger partial charge in [0.05, 0.1) is 0 Å². The lowest BCUT2D eigenvalue weighted by molar-refractivity contribution is 0.501. The van der Waals surface area contributed by atoms with E-state index in [1.807, 2.05) is 24.3 Å². The summed E-state index contributed by atoms with van der Waals surface area (Å²) in [6.07, 6.45) is 5.04. The van der Waals surface area contributed by atoms with Gasteiger partial charge in [-0.25, -0.2) is 0 Å². The SMILES string of the molecule is CC1(c2cc(=O)c3ccccc3s2)CCCC1. The summed E-state index contributed by atoms with van der Waals surface area (Å²) < 4.78 is 1.13. The highest BCUT2D eigenvalue weighted by atomic mass is 32.1. The summed E-state index contributed by atoms with van der Waals surface area (Å²) in [6, 6.07) is 9.81. The fraction of sp³-hybridized carbons (Fsp3) is 0.400. The zero-order valence-corrected chi connectivity index (χ0v) is 10.8. The highest BCUT2D eigenvalue weighted by Crippen LogP contribution is 2.42. The third-order valence-electron chi connectivity index (χ3n) is 3.94. The number of hydrogen-bond acceptors (Lipinski definition) is 2. The molecule has 1 fully saturated rings. The van der Waals surface area contributed by atoms with Crippen LogP contribution in [0, 0.1) is 0 Å². The van der Waals surface area contributed by atoms with Crippen molar-refractivity contribution >= 4 is 21.4 Å². The van der Waals surface area contributed by atoms with E-state index in [1.165, 1.54) is 30.6 Å². The van der Waals surface area contributed by atoms with Crippen LogP contribution in [0.5, 0.6) is 0 Å². The summed E-state index contributed by atoms with van der Waals surface area (Å²) in [5, 5.41) is 0.864. The molecule has 0 unspecified atom stereocenters. The quantitative estimate of drug-likeness (QED) is 0.738. The van der Waals surface area contributed by atoms with E-state index in [4.69, 9.17) is 0 Å². The Balaban J connectivity index is 2.22. The molecule has 1 aromatic carbocycles. The summed E-state index contributed by atoms with van der Waals surface area (Å²) in [7, 11) is 0. The van der Waals surface area contributed by atoms with Crippen LogP contribution < -0.4 is 5.43 Å². The number of benzene rings is 1. The molecule has 3 rings (SSSR count). The Bertz CT molecular complexity index is 606. The molecular formula is C15H16OS. The van der Waals surface area contributed by atoms with Crippen molar-refractivity contribution in [3.05, 3.63) is 45.4 Å². The minimum atomic E-state index is 0.183. The second-order valence-corrected chi connectivity index (χ2v) is 6.32. The van der Waals surface area contributed by atoms with Crippen LogP contribution in [0.15, 0.2) is 35.1 Å². The first kappa shape index (κ1) is 11.0. The lowest BCUT2D eigenvalue weighted by Crippen LogP contribution is -2.17. The first-order chi connectivity index (χ1) is 8.19. The summed E-state index contributed by atoms with van der Waals surface area (Å²) in [4.78, 5) is 13.4. The predicted molar refractivity (Wildman–Crippen MR) is 73.9 cm³/mol. The van der Waals surface area contributed by atoms with E-state index in [9.17, 15) is 4.79 Å². The maximum atomic E-state index is 12.1. The molecule has 1 aliphatic rings. The van der Waals surface area contributed by atoms with Crippen molar-refractivity contribution in [3.63, 3.8) is 0 Å². The Kier molecular flexibility index (Phi) is 2.55. The van der Waals surface area contributed by atoms with E-state index >= 15 is 0 Å². The molecule has 1 nitrogen and oxygen atoms in total. The van der Waals surface area contributed by atoms with Crippen LogP contribution in [0.3, 0.4) is 0 Å². The van der Waals surface area contributed by atoms with Crippen molar-refractivity contribution < 1.29 is 0 Å². The molecule has 0 saturated heterocycles. The van der Waals surface area contributed by atoms with Gasteiger partial charge in [-0.05, 0) is 31.0 Å². The van der Waals surface area contributed by atoms with Crippen molar-refractivity contribution in [2.24, 2.45) is 0 Å². The average Bonchev–Trinajstić information content (AvgIpc) is 2.78. The van der Waals surface area contributed by atoms with Gasteiger partial charge in [0.25, 0.3) is 0 Å². The van der Waals surface area contributed by atoms with Gasteiger partial charge < -0.3 is 0 Å². The van der Waals surface area contributed by atoms with E-state index in [2.05, 4.69) is 13.0 Å². The highest BCUT2D eigenvalue weighted by molar-refractivity contribution is 7.18. The van der Waals surface area contributed by atoms with Crippen LogP contribution in [0.25, 0.3) is 10.1 Å². The number of rotatable bonds is 1. The molecule has 0 atom stereocenters. The van der Waals surface area contributed by atoms with Crippen LogP contribution >= 0.6 is 11.3 Å². The third-order valence-corrected chi connectivity index (χ3v) is 5.34. The predicted octanol–water partition coefficient (Wildman–Crippen LogP) is 4.09. The van der Waals surface area contributed by atoms with Crippen molar-refractivity contribution in [2.45, 2.75) is 38.0 Å². The molecular weight excluding hydrogens is 228 g/mol. The van der Waals surface area contributed by atoms with Gasteiger partial charge in [-0.1, -0.05) is 31.9 Å². The van der Waals surface area contributed by atoms with Gasteiger partial charge in [-0.15, -0.1) is 11.3 Å². The van der Waals surface area contributed by atoms with E-state index < -0.39 is 0 Å². The standard InChI is InChI=1S/C15H16OS/c1-15(8-4-5-9-15)14-10-12(16)11-6-2-3-7-13(11)17-14/h2-3,6-7,10H,4-5,8-9H2,1H3. The van der Waals surface area contributed by atoms with Crippen molar-refractivity contribution in [1.29, 1.82) is 0 Å². The molecule has 2 aromatic rings. The highest BCUT2D eigenvalue weighted by Gasteiger charge is 2.31. The maximum Gasteiger partial charge on any atom is 0.188 e. The molecule has 1 heterocycles. The average molecular weight is 244 g/mol.